The van der Waals surface area contributed by atoms with Crippen LogP contribution in [0.5, 0.6) is 0 Å². The van der Waals surface area contributed by atoms with Crippen molar-refractivity contribution in [1.82, 2.24) is 14.5 Å². The average Bonchev–Trinajstić information content (AvgIpc) is 2.80. The van der Waals surface area contributed by atoms with Crippen LogP contribution in [0.4, 0.5) is 17.3 Å². The average molecular weight is 434 g/mol. The molecule has 0 amide bonds. The van der Waals surface area contributed by atoms with Crippen LogP contribution in [0.15, 0.2) is 41.3 Å². The standard InChI is InChI=1S/C18H22N6O5S/c25-24(26)15-2-1-3-16(14-15)30(27,28)23-8-6-21(7-9-23)17-4-5-18(20-19-17)22-10-12-29-13-11-22/h1-5,14H,6-13H2. The minimum Gasteiger partial charge on any atom is -0.378 e. The molecule has 12 heteroatoms. The van der Waals surface area contributed by atoms with Crippen molar-refractivity contribution in [3.05, 3.63) is 46.5 Å². The van der Waals surface area contributed by atoms with E-state index in [1.54, 1.807) is 0 Å². The van der Waals surface area contributed by atoms with E-state index in [9.17, 15) is 18.5 Å². The molecule has 11 nitrogen and oxygen atoms in total. The molecular formula is C18H22N6O5S. The molecule has 0 bridgehead atoms. The summed E-state index contributed by atoms with van der Waals surface area (Å²) in [6.07, 6.45) is 0. The second-order valence-corrected chi connectivity index (χ2v) is 8.93. The van der Waals surface area contributed by atoms with E-state index in [0.29, 0.717) is 32.1 Å². The van der Waals surface area contributed by atoms with Crippen LogP contribution in [0.25, 0.3) is 0 Å². The number of piperazine rings is 1. The van der Waals surface area contributed by atoms with E-state index in [4.69, 9.17) is 4.74 Å². The Kier molecular flexibility index (Phi) is 5.79. The summed E-state index contributed by atoms with van der Waals surface area (Å²) in [4.78, 5) is 14.4. The number of nitrogens with zero attached hydrogens (tertiary/aromatic N) is 6. The highest BCUT2D eigenvalue weighted by atomic mass is 32.2. The van der Waals surface area contributed by atoms with E-state index in [1.165, 1.54) is 22.5 Å². The Morgan fingerprint density at radius 3 is 2.07 bits per heavy atom. The van der Waals surface area contributed by atoms with Crippen molar-refractivity contribution < 1.29 is 18.1 Å². The zero-order valence-electron chi connectivity index (χ0n) is 16.3. The van der Waals surface area contributed by atoms with Crippen LogP contribution in [0.3, 0.4) is 0 Å². The van der Waals surface area contributed by atoms with Gasteiger partial charge in [-0.1, -0.05) is 6.07 Å². The molecule has 0 unspecified atom stereocenters. The van der Waals surface area contributed by atoms with Crippen molar-refractivity contribution in [2.75, 3.05) is 62.3 Å². The van der Waals surface area contributed by atoms with E-state index in [2.05, 4.69) is 15.1 Å². The van der Waals surface area contributed by atoms with Gasteiger partial charge in [0, 0.05) is 51.4 Å². The van der Waals surface area contributed by atoms with E-state index >= 15 is 0 Å². The van der Waals surface area contributed by atoms with Crippen LogP contribution in [-0.2, 0) is 14.8 Å². The van der Waals surface area contributed by atoms with Gasteiger partial charge in [0.2, 0.25) is 10.0 Å². The highest BCUT2D eigenvalue weighted by molar-refractivity contribution is 7.89. The zero-order chi connectivity index (χ0) is 21.1. The van der Waals surface area contributed by atoms with Crippen LogP contribution in [0.2, 0.25) is 0 Å². The monoisotopic (exact) mass is 434 g/mol. The summed E-state index contributed by atoms with van der Waals surface area (Å²) >= 11 is 0. The smallest absolute Gasteiger partial charge is 0.270 e. The maximum Gasteiger partial charge on any atom is 0.270 e. The second kappa shape index (κ2) is 8.50. The third-order valence-electron chi connectivity index (χ3n) is 5.20. The number of hydrogen-bond acceptors (Lipinski definition) is 9. The highest BCUT2D eigenvalue weighted by Gasteiger charge is 2.30. The fourth-order valence-corrected chi connectivity index (χ4v) is 4.97. The van der Waals surface area contributed by atoms with Crippen molar-refractivity contribution in [1.29, 1.82) is 0 Å². The summed E-state index contributed by atoms with van der Waals surface area (Å²) in [7, 11) is -3.80. The molecule has 0 saturated carbocycles. The van der Waals surface area contributed by atoms with Crippen molar-refractivity contribution >= 4 is 27.3 Å². The predicted octanol–water partition coefficient (Wildman–Crippen LogP) is 0.732. The number of anilines is 2. The molecule has 1 aromatic heterocycles. The molecule has 2 fully saturated rings. The molecule has 1 aromatic carbocycles. The molecule has 0 radical (unpaired) electrons. The van der Waals surface area contributed by atoms with Crippen molar-refractivity contribution in [3.63, 3.8) is 0 Å². The number of aromatic nitrogens is 2. The summed E-state index contributed by atoms with van der Waals surface area (Å²) < 4.78 is 32.4. The van der Waals surface area contributed by atoms with Crippen LogP contribution < -0.4 is 9.80 Å². The number of rotatable bonds is 5. The Bertz CT molecular complexity index is 1000. The summed E-state index contributed by atoms with van der Waals surface area (Å²) in [6.45, 7) is 4.34. The van der Waals surface area contributed by atoms with Gasteiger partial charge in [-0.2, -0.15) is 4.31 Å². The Morgan fingerprint density at radius 2 is 1.50 bits per heavy atom. The van der Waals surface area contributed by atoms with Gasteiger partial charge in [0.15, 0.2) is 11.6 Å². The van der Waals surface area contributed by atoms with Crippen molar-refractivity contribution in [2.45, 2.75) is 4.90 Å². The summed E-state index contributed by atoms with van der Waals surface area (Å²) in [5, 5.41) is 19.6. The summed E-state index contributed by atoms with van der Waals surface area (Å²) in [6, 6.07) is 8.94. The first-order valence-electron chi connectivity index (χ1n) is 9.61. The molecule has 2 saturated heterocycles. The Morgan fingerprint density at radius 1 is 0.900 bits per heavy atom. The van der Waals surface area contributed by atoms with Crippen molar-refractivity contribution in [2.24, 2.45) is 0 Å². The van der Waals surface area contributed by atoms with Gasteiger partial charge in [-0.15, -0.1) is 10.2 Å². The molecule has 0 N–H and O–H groups in total. The molecule has 0 atom stereocenters. The molecule has 160 valence electrons. The topological polar surface area (TPSA) is 122 Å². The normalized spacial score (nSPS) is 18.4. The third kappa shape index (κ3) is 4.20. The molecule has 3 heterocycles. The fraction of sp³-hybridized carbons (Fsp3) is 0.444. The van der Waals surface area contributed by atoms with E-state index < -0.39 is 14.9 Å². The SMILES string of the molecule is O=[N+]([O-])c1cccc(S(=O)(=O)N2CCN(c3ccc(N4CCOCC4)nn3)CC2)c1. The van der Waals surface area contributed by atoms with Crippen LogP contribution in [0.1, 0.15) is 0 Å². The van der Waals surface area contributed by atoms with Gasteiger partial charge in [-0.05, 0) is 18.2 Å². The first kappa shape index (κ1) is 20.4. The largest absolute Gasteiger partial charge is 0.378 e. The van der Waals surface area contributed by atoms with Crippen LogP contribution in [0, 0.1) is 10.1 Å². The number of ether oxygens (including phenoxy) is 1. The number of hydrogen-bond donors (Lipinski definition) is 0. The Balaban J connectivity index is 1.41. The number of nitro groups is 1. The summed E-state index contributed by atoms with van der Waals surface area (Å²) in [5.41, 5.74) is -0.245. The lowest BCUT2D eigenvalue weighted by atomic mass is 10.3. The van der Waals surface area contributed by atoms with Gasteiger partial charge < -0.3 is 14.5 Å². The molecule has 2 aromatic rings. The van der Waals surface area contributed by atoms with Gasteiger partial charge in [-0.3, -0.25) is 10.1 Å². The molecule has 4 rings (SSSR count). The maximum absolute atomic E-state index is 12.9. The number of benzene rings is 1. The van der Waals surface area contributed by atoms with Crippen LogP contribution >= 0.6 is 0 Å². The minimum atomic E-state index is -3.80. The minimum absolute atomic E-state index is 0.0696. The van der Waals surface area contributed by atoms with E-state index in [0.717, 1.165) is 25.0 Å². The lowest BCUT2D eigenvalue weighted by Crippen LogP contribution is -2.49. The van der Waals surface area contributed by atoms with Gasteiger partial charge in [-0.25, -0.2) is 8.42 Å². The molecule has 2 aliphatic heterocycles. The molecule has 30 heavy (non-hydrogen) atoms. The Labute approximate surface area is 174 Å². The third-order valence-corrected chi connectivity index (χ3v) is 7.09. The molecule has 0 aliphatic carbocycles. The molecule has 2 aliphatic rings. The zero-order valence-corrected chi connectivity index (χ0v) is 17.1. The van der Waals surface area contributed by atoms with Gasteiger partial charge in [0.05, 0.1) is 23.0 Å². The first-order chi connectivity index (χ1) is 14.4. The highest BCUT2D eigenvalue weighted by Crippen LogP contribution is 2.23. The molecular weight excluding hydrogens is 412 g/mol. The second-order valence-electron chi connectivity index (χ2n) is 6.99. The number of non-ortho nitro benzene ring substituents is 1. The van der Waals surface area contributed by atoms with Gasteiger partial charge in [0.1, 0.15) is 0 Å². The van der Waals surface area contributed by atoms with Crippen LogP contribution in [-0.4, -0.2) is 80.3 Å². The van der Waals surface area contributed by atoms with Gasteiger partial charge >= 0.3 is 0 Å². The number of nitro benzene ring substituents is 1. The van der Waals surface area contributed by atoms with Gasteiger partial charge in [0.25, 0.3) is 5.69 Å². The maximum atomic E-state index is 12.9. The van der Waals surface area contributed by atoms with E-state index in [1.807, 2.05) is 17.0 Å². The number of morpholine rings is 1. The van der Waals surface area contributed by atoms with Crippen molar-refractivity contribution in [3.8, 4) is 0 Å². The fourth-order valence-electron chi connectivity index (χ4n) is 3.51. The number of sulfonamides is 1. The summed E-state index contributed by atoms with van der Waals surface area (Å²) in [5.74, 6) is 1.49. The lowest BCUT2D eigenvalue weighted by Gasteiger charge is -2.34. The predicted molar refractivity (Wildman–Crippen MR) is 109 cm³/mol. The Hall–Kier alpha value is -2.83. The van der Waals surface area contributed by atoms with E-state index in [-0.39, 0.29) is 23.7 Å². The first-order valence-corrected chi connectivity index (χ1v) is 11.1. The lowest BCUT2D eigenvalue weighted by molar-refractivity contribution is -0.385. The quantitative estimate of drug-likeness (QED) is 0.495. The molecule has 0 spiro atoms.